The van der Waals surface area contributed by atoms with Crippen LogP contribution in [0.2, 0.25) is 0 Å². The standard InChI is InChI=1S/C12H21N5/c1-12(5-7-17(2)8-6-12)9-14-11-4-3-10(13)15-16-11/h3-4H,5-9H2,1-2H3,(H2,13,15)(H,14,16). The lowest BCUT2D eigenvalue weighted by atomic mass is 9.80. The quantitative estimate of drug-likeness (QED) is 0.824. The van der Waals surface area contributed by atoms with Gasteiger partial charge in [0, 0.05) is 6.54 Å². The van der Waals surface area contributed by atoms with E-state index in [2.05, 4.69) is 34.4 Å². The molecule has 2 rings (SSSR count). The number of nitrogens with one attached hydrogen (secondary N) is 1. The van der Waals surface area contributed by atoms with Crippen LogP contribution >= 0.6 is 0 Å². The zero-order chi connectivity index (χ0) is 12.3. The highest BCUT2D eigenvalue weighted by molar-refractivity contribution is 5.38. The van der Waals surface area contributed by atoms with E-state index in [1.807, 2.05) is 6.07 Å². The lowest BCUT2D eigenvalue weighted by Gasteiger charge is -2.38. The summed E-state index contributed by atoms with van der Waals surface area (Å²) in [7, 11) is 2.18. The van der Waals surface area contributed by atoms with E-state index >= 15 is 0 Å². The van der Waals surface area contributed by atoms with Crippen LogP contribution in [0.25, 0.3) is 0 Å². The summed E-state index contributed by atoms with van der Waals surface area (Å²) in [4.78, 5) is 2.38. The smallest absolute Gasteiger partial charge is 0.148 e. The van der Waals surface area contributed by atoms with Crippen LogP contribution in [0, 0.1) is 5.41 Å². The Balaban J connectivity index is 1.87. The Morgan fingerprint density at radius 1 is 1.35 bits per heavy atom. The highest BCUT2D eigenvalue weighted by Gasteiger charge is 2.28. The van der Waals surface area contributed by atoms with E-state index in [9.17, 15) is 0 Å². The Bertz CT molecular complexity index is 354. The molecule has 0 radical (unpaired) electrons. The summed E-state index contributed by atoms with van der Waals surface area (Å²) in [6, 6.07) is 3.65. The van der Waals surface area contributed by atoms with Gasteiger partial charge in [-0.1, -0.05) is 6.92 Å². The fraction of sp³-hybridized carbons (Fsp3) is 0.667. The van der Waals surface area contributed by atoms with Crippen LogP contribution in [0.1, 0.15) is 19.8 Å². The van der Waals surface area contributed by atoms with Gasteiger partial charge in [0.05, 0.1) is 0 Å². The predicted octanol–water partition coefficient (Wildman–Crippen LogP) is 1.20. The Morgan fingerprint density at radius 3 is 2.65 bits per heavy atom. The SMILES string of the molecule is CN1CCC(C)(CNc2ccc(N)nn2)CC1. The lowest BCUT2D eigenvalue weighted by molar-refractivity contribution is 0.150. The van der Waals surface area contributed by atoms with Crippen molar-refractivity contribution in [2.45, 2.75) is 19.8 Å². The van der Waals surface area contributed by atoms with Crippen LogP contribution in [0.15, 0.2) is 12.1 Å². The second-order valence-electron chi connectivity index (χ2n) is 5.31. The van der Waals surface area contributed by atoms with E-state index in [1.165, 1.54) is 25.9 Å². The van der Waals surface area contributed by atoms with Gasteiger partial charge in [0.15, 0.2) is 0 Å². The van der Waals surface area contributed by atoms with Crippen molar-refractivity contribution in [2.75, 3.05) is 37.7 Å². The van der Waals surface area contributed by atoms with Crippen LogP contribution in [0.5, 0.6) is 0 Å². The lowest BCUT2D eigenvalue weighted by Crippen LogP contribution is -2.40. The van der Waals surface area contributed by atoms with Gasteiger partial charge in [-0.2, -0.15) is 0 Å². The fourth-order valence-electron chi connectivity index (χ4n) is 2.08. The molecule has 0 aliphatic carbocycles. The van der Waals surface area contributed by atoms with Crippen molar-refractivity contribution in [3.63, 3.8) is 0 Å². The third-order valence-electron chi connectivity index (χ3n) is 3.58. The van der Waals surface area contributed by atoms with Crippen molar-refractivity contribution in [3.8, 4) is 0 Å². The molecule has 1 aromatic heterocycles. The zero-order valence-electron chi connectivity index (χ0n) is 10.6. The molecule has 5 nitrogen and oxygen atoms in total. The first-order chi connectivity index (χ1) is 8.07. The van der Waals surface area contributed by atoms with Gasteiger partial charge in [0.2, 0.25) is 0 Å². The molecule has 2 heterocycles. The Labute approximate surface area is 102 Å². The van der Waals surface area contributed by atoms with E-state index in [-0.39, 0.29) is 0 Å². The average molecular weight is 235 g/mol. The number of piperidine rings is 1. The Kier molecular flexibility index (Phi) is 3.47. The molecule has 0 unspecified atom stereocenters. The van der Waals surface area contributed by atoms with Crippen molar-refractivity contribution >= 4 is 11.6 Å². The molecule has 1 aromatic rings. The van der Waals surface area contributed by atoms with E-state index < -0.39 is 0 Å². The molecule has 5 heteroatoms. The van der Waals surface area contributed by atoms with E-state index in [4.69, 9.17) is 5.73 Å². The van der Waals surface area contributed by atoms with E-state index in [0.717, 1.165) is 12.4 Å². The minimum Gasteiger partial charge on any atom is -0.382 e. The van der Waals surface area contributed by atoms with Gasteiger partial charge in [-0.15, -0.1) is 10.2 Å². The van der Waals surface area contributed by atoms with Gasteiger partial charge >= 0.3 is 0 Å². The summed E-state index contributed by atoms with van der Waals surface area (Å²) in [6.45, 7) is 5.62. The molecular formula is C12H21N5. The number of nitrogens with two attached hydrogens (primary N) is 1. The number of rotatable bonds is 3. The molecule has 0 aromatic carbocycles. The van der Waals surface area contributed by atoms with E-state index in [1.54, 1.807) is 6.07 Å². The van der Waals surface area contributed by atoms with Crippen molar-refractivity contribution in [2.24, 2.45) is 5.41 Å². The van der Waals surface area contributed by atoms with Gasteiger partial charge in [-0.3, -0.25) is 0 Å². The zero-order valence-corrected chi connectivity index (χ0v) is 10.6. The molecule has 0 atom stereocenters. The van der Waals surface area contributed by atoms with Crippen LogP contribution in [0.3, 0.4) is 0 Å². The minimum atomic E-state index is 0.357. The van der Waals surface area contributed by atoms with Gasteiger partial charge in [0.1, 0.15) is 11.6 Å². The summed E-state index contributed by atoms with van der Waals surface area (Å²) in [5.41, 5.74) is 5.86. The number of hydrogen-bond donors (Lipinski definition) is 2. The van der Waals surface area contributed by atoms with Gasteiger partial charge in [-0.05, 0) is 50.5 Å². The maximum Gasteiger partial charge on any atom is 0.148 e. The van der Waals surface area contributed by atoms with Crippen molar-refractivity contribution in [1.29, 1.82) is 0 Å². The molecule has 1 saturated heterocycles. The maximum absolute atomic E-state index is 5.50. The minimum absolute atomic E-state index is 0.357. The van der Waals surface area contributed by atoms with Crippen molar-refractivity contribution < 1.29 is 0 Å². The summed E-state index contributed by atoms with van der Waals surface area (Å²) in [6.07, 6.45) is 2.44. The molecule has 17 heavy (non-hydrogen) atoms. The number of anilines is 2. The van der Waals surface area contributed by atoms with Gasteiger partial charge in [0.25, 0.3) is 0 Å². The van der Waals surface area contributed by atoms with Crippen LogP contribution < -0.4 is 11.1 Å². The highest BCUT2D eigenvalue weighted by atomic mass is 15.2. The summed E-state index contributed by atoms with van der Waals surface area (Å²) in [5, 5.41) is 11.2. The third kappa shape index (κ3) is 3.30. The van der Waals surface area contributed by atoms with Crippen LogP contribution in [-0.2, 0) is 0 Å². The fourth-order valence-corrected chi connectivity index (χ4v) is 2.08. The summed E-state index contributed by atoms with van der Waals surface area (Å²) >= 11 is 0. The first-order valence-electron chi connectivity index (χ1n) is 6.09. The third-order valence-corrected chi connectivity index (χ3v) is 3.58. The second kappa shape index (κ2) is 4.87. The van der Waals surface area contributed by atoms with Gasteiger partial charge < -0.3 is 16.0 Å². The number of nitrogen functional groups attached to an aromatic ring is 1. The maximum atomic E-state index is 5.50. The van der Waals surface area contributed by atoms with E-state index in [0.29, 0.717) is 11.2 Å². The van der Waals surface area contributed by atoms with Crippen LogP contribution in [0.4, 0.5) is 11.6 Å². The number of hydrogen-bond acceptors (Lipinski definition) is 5. The molecule has 0 bridgehead atoms. The second-order valence-corrected chi connectivity index (χ2v) is 5.31. The first-order valence-corrected chi connectivity index (χ1v) is 6.09. The highest BCUT2D eigenvalue weighted by Crippen LogP contribution is 2.30. The number of nitrogens with zero attached hydrogens (tertiary/aromatic N) is 3. The molecule has 0 amide bonds. The Morgan fingerprint density at radius 2 is 2.06 bits per heavy atom. The molecule has 1 fully saturated rings. The van der Waals surface area contributed by atoms with Crippen molar-refractivity contribution in [3.05, 3.63) is 12.1 Å². The molecule has 1 aliphatic rings. The first kappa shape index (κ1) is 12.1. The topological polar surface area (TPSA) is 67.1 Å². The molecule has 0 spiro atoms. The van der Waals surface area contributed by atoms with Gasteiger partial charge in [-0.25, -0.2) is 0 Å². The molecular weight excluding hydrogens is 214 g/mol. The van der Waals surface area contributed by atoms with Crippen LogP contribution in [-0.4, -0.2) is 41.8 Å². The van der Waals surface area contributed by atoms with Crippen molar-refractivity contribution in [1.82, 2.24) is 15.1 Å². The summed E-state index contributed by atoms with van der Waals surface area (Å²) in [5.74, 6) is 1.26. The largest absolute Gasteiger partial charge is 0.382 e. The molecule has 1 aliphatic heterocycles. The summed E-state index contributed by atoms with van der Waals surface area (Å²) < 4.78 is 0. The predicted molar refractivity (Wildman–Crippen MR) is 69.8 cm³/mol. The molecule has 0 saturated carbocycles. The Hall–Kier alpha value is -1.36. The molecule has 94 valence electrons. The normalized spacial score (nSPS) is 20.1. The number of aromatic nitrogens is 2. The number of likely N-dealkylation sites (tertiary alicyclic amines) is 1. The molecule has 3 N–H and O–H groups in total. The monoisotopic (exact) mass is 235 g/mol. The average Bonchev–Trinajstić information content (AvgIpc) is 2.33.